The van der Waals surface area contributed by atoms with Crippen molar-refractivity contribution < 1.29 is 43.6 Å². The van der Waals surface area contributed by atoms with Crippen molar-refractivity contribution >= 4 is 35.0 Å². The van der Waals surface area contributed by atoms with Crippen molar-refractivity contribution in [2.24, 2.45) is 0 Å². The number of aliphatic carboxylic acids is 1. The number of alkyl carbamates (subject to hydrolysis) is 1. The molecule has 55 heavy (non-hydrogen) atoms. The number of esters is 1. The molecule has 0 aliphatic carbocycles. The van der Waals surface area contributed by atoms with E-state index in [1.165, 1.54) is 32.4 Å². The number of amides is 2. The number of cyclic esters (lactones) is 1. The maximum absolute atomic E-state index is 13.6. The number of aryl methyl sites for hydroxylation is 1. The van der Waals surface area contributed by atoms with Crippen molar-refractivity contribution in [2.45, 2.75) is 110 Å². The molecular weight excluding hydrogens is 710 g/mol. The van der Waals surface area contributed by atoms with E-state index in [1.807, 2.05) is 17.0 Å². The Morgan fingerprint density at radius 3 is 2.36 bits per heavy atom. The van der Waals surface area contributed by atoms with Crippen molar-refractivity contribution in [3.05, 3.63) is 56.9 Å². The lowest BCUT2D eigenvalue weighted by molar-refractivity contribution is -0.172. The molecule has 7 rings (SSSR count). The summed E-state index contributed by atoms with van der Waals surface area (Å²) >= 11 is 0. The molecule has 0 bridgehead atoms. The highest BCUT2D eigenvalue weighted by Crippen LogP contribution is 2.41. The van der Waals surface area contributed by atoms with Crippen molar-refractivity contribution in [1.82, 2.24) is 24.7 Å². The minimum absolute atomic E-state index is 0.0951. The summed E-state index contributed by atoms with van der Waals surface area (Å²) in [6.45, 7) is 12.3. The van der Waals surface area contributed by atoms with E-state index < -0.39 is 35.8 Å². The molecule has 15 heteroatoms. The standard InChI is InChI=1S/C33H38N4O6.C7H13NO4/c1-3-22-23-16-21(43-32(40)36-14-10-20(11-15-36)35-12-6-5-7-13-35)8-9-27(23)34-29-24(22)18-37-28(29)17-26-25(30(37)38)19-42-31(39)33(26,41)4-2;1-7(2,3)12-6(11)8-4-5(9)10/h8-9,16-17,20,41H,3-7,10-15,18-19H2,1-2H3;4H2,1-3H3,(H,8,11)(H,9,10)/t33-;/m0./s1. The van der Waals surface area contributed by atoms with Crippen LogP contribution in [0.3, 0.4) is 0 Å². The molecule has 1 atom stereocenters. The largest absolute Gasteiger partial charge is 0.480 e. The Labute approximate surface area is 319 Å². The Morgan fingerprint density at radius 1 is 1.02 bits per heavy atom. The Kier molecular flexibility index (Phi) is 11.5. The van der Waals surface area contributed by atoms with Crippen LogP contribution in [-0.4, -0.2) is 98.1 Å². The molecule has 296 valence electrons. The lowest BCUT2D eigenvalue weighted by Crippen LogP contribution is -2.48. The number of hydrogen-bond acceptors (Lipinski definition) is 11. The normalized spacial score (nSPS) is 19.7. The van der Waals surface area contributed by atoms with Gasteiger partial charge in [-0.3, -0.25) is 9.59 Å². The number of piperidine rings is 2. The zero-order chi connectivity index (χ0) is 39.7. The zero-order valence-corrected chi connectivity index (χ0v) is 32.2. The average molecular weight is 762 g/mol. The first-order valence-electron chi connectivity index (χ1n) is 19.2. The van der Waals surface area contributed by atoms with Gasteiger partial charge >= 0.3 is 24.1 Å². The van der Waals surface area contributed by atoms with E-state index in [-0.39, 0.29) is 24.7 Å². The predicted molar refractivity (Wildman–Crippen MR) is 202 cm³/mol. The van der Waals surface area contributed by atoms with Gasteiger partial charge in [0.05, 0.1) is 29.0 Å². The van der Waals surface area contributed by atoms with E-state index in [0.717, 1.165) is 34.9 Å². The van der Waals surface area contributed by atoms with Gasteiger partial charge in [-0.25, -0.2) is 19.4 Å². The van der Waals surface area contributed by atoms with Gasteiger partial charge in [0.2, 0.25) is 0 Å². The first-order chi connectivity index (χ1) is 26.1. The molecule has 2 amide bonds. The second-order valence-corrected chi connectivity index (χ2v) is 15.5. The predicted octanol–water partition coefficient (Wildman–Crippen LogP) is 4.69. The van der Waals surface area contributed by atoms with Gasteiger partial charge in [-0.1, -0.05) is 20.3 Å². The van der Waals surface area contributed by atoms with Crippen LogP contribution in [0.1, 0.15) is 95.4 Å². The van der Waals surface area contributed by atoms with Gasteiger partial charge < -0.3 is 44.1 Å². The third-order valence-electron chi connectivity index (χ3n) is 10.7. The topological polar surface area (TPSA) is 190 Å². The molecule has 6 heterocycles. The molecule has 4 aliphatic rings. The van der Waals surface area contributed by atoms with Crippen molar-refractivity contribution in [2.75, 3.05) is 32.7 Å². The first kappa shape index (κ1) is 39.7. The van der Waals surface area contributed by atoms with Crippen LogP contribution in [0, 0.1) is 0 Å². The highest BCUT2D eigenvalue weighted by atomic mass is 16.6. The van der Waals surface area contributed by atoms with E-state index in [9.17, 15) is 29.1 Å². The Balaban J connectivity index is 0.000000372. The Hall–Kier alpha value is -5.02. The number of nitrogens with zero attached hydrogens (tertiary/aromatic N) is 4. The van der Waals surface area contributed by atoms with Crippen molar-refractivity contribution in [3.8, 4) is 17.1 Å². The van der Waals surface area contributed by atoms with E-state index in [4.69, 9.17) is 24.3 Å². The van der Waals surface area contributed by atoms with Crippen LogP contribution in [0.2, 0.25) is 0 Å². The zero-order valence-electron chi connectivity index (χ0n) is 32.2. The molecular formula is C40H51N5O10. The number of fused-ring (bicyclic) bond motifs is 5. The minimum Gasteiger partial charge on any atom is -0.480 e. The third kappa shape index (κ3) is 8.32. The molecule has 0 unspecified atom stereocenters. The summed E-state index contributed by atoms with van der Waals surface area (Å²) in [5, 5.41) is 22.3. The summed E-state index contributed by atoms with van der Waals surface area (Å²) in [7, 11) is 0. The molecule has 3 N–H and O–H groups in total. The fourth-order valence-corrected chi connectivity index (χ4v) is 7.93. The number of ether oxygens (including phenoxy) is 3. The number of carbonyl (C=O) groups excluding carboxylic acids is 3. The van der Waals surface area contributed by atoms with Crippen LogP contribution in [0.4, 0.5) is 9.59 Å². The van der Waals surface area contributed by atoms with Gasteiger partial charge in [0.15, 0.2) is 5.60 Å². The number of benzene rings is 1. The number of pyridine rings is 2. The summed E-state index contributed by atoms with van der Waals surface area (Å²) in [6.07, 6.45) is 5.54. The van der Waals surface area contributed by atoms with Crippen LogP contribution in [0.5, 0.6) is 5.75 Å². The van der Waals surface area contributed by atoms with E-state index in [1.54, 1.807) is 44.4 Å². The van der Waals surface area contributed by atoms with E-state index >= 15 is 0 Å². The summed E-state index contributed by atoms with van der Waals surface area (Å²) in [6, 6.07) is 7.77. The number of carboxylic acid groups (broad SMARTS) is 1. The molecule has 15 nitrogen and oxygen atoms in total. The molecule has 0 spiro atoms. The number of carbonyl (C=O) groups is 4. The molecule has 4 aliphatic heterocycles. The summed E-state index contributed by atoms with van der Waals surface area (Å²) in [5.74, 6) is -1.36. The molecule has 0 saturated carbocycles. The van der Waals surface area contributed by atoms with Crippen LogP contribution < -0.4 is 15.6 Å². The molecule has 0 radical (unpaired) electrons. The lowest BCUT2D eigenvalue weighted by atomic mass is 9.86. The highest BCUT2D eigenvalue weighted by Gasteiger charge is 2.45. The number of likely N-dealkylation sites (tertiary alicyclic amines) is 2. The summed E-state index contributed by atoms with van der Waals surface area (Å²) < 4.78 is 17.5. The maximum atomic E-state index is 13.6. The SMILES string of the molecule is CC(C)(C)OC(=O)NCC(=O)O.CCc1c2c(nc3ccc(OC(=O)N4CCC(N5CCCCC5)CC4)cc13)-c1cc3c(c(=O)n1C2)COC(=O)[C@]3(O)CC. The Bertz CT molecular complexity index is 2040. The average Bonchev–Trinajstić information content (AvgIpc) is 3.53. The summed E-state index contributed by atoms with van der Waals surface area (Å²) in [5.41, 5.74) is 1.79. The number of nitrogens with one attached hydrogen (secondary N) is 1. The van der Waals surface area contributed by atoms with Crippen LogP contribution >= 0.6 is 0 Å². The first-order valence-corrected chi connectivity index (χ1v) is 19.2. The van der Waals surface area contributed by atoms with Gasteiger partial charge in [-0.05, 0) is 102 Å². The number of aromatic nitrogens is 2. The number of aliphatic hydroxyl groups is 1. The smallest absolute Gasteiger partial charge is 0.415 e. The molecule has 1 aromatic carbocycles. The van der Waals surface area contributed by atoms with Gasteiger partial charge in [0, 0.05) is 35.6 Å². The Morgan fingerprint density at radius 2 is 1.73 bits per heavy atom. The molecule has 3 aromatic rings. The van der Waals surface area contributed by atoms with Crippen LogP contribution in [-0.2, 0) is 44.2 Å². The molecule has 2 saturated heterocycles. The second-order valence-electron chi connectivity index (χ2n) is 15.5. The highest BCUT2D eigenvalue weighted by molar-refractivity contribution is 5.90. The van der Waals surface area contributed by atoms with E-state index in [0.29, 0.717) is 60.4 Å². The van der Waals surface area contributed by atoms with Gasteiger partial charge in [-0.2, -0.15) is 0 Å². The second kappa shape index (κ2) is 16.0. The fourth-order valence-electron chi connectivity index (χ4n) is 7.93. The van der Waals surface area contributed by atoms with Crippen LogP contribution in [0.15, 0.2) is 29.1 Å². The fraction of sp³-hybridized carbons (Fsp3) is 0.550. The number of hydrogen-bond donors (Lipinski definition) is 3. The minimum atomic E-state index is -1.86. The van der Waals surface area contributed by atoms with Crippen molar-refractivity contribution in [1.29, 1.82) is 0 Å². The van der Waals surface area contributed by atoms with Crippen molar-refractivity contribution in [3.63, 3.8) is 0 Å². The summed E-state index contributed by atoms with van der Waals surface area (Å²) in [4.78, 5) is 69.3. The van der Waals surface area contributed by atoms with Gasteiger partial charge in [-0.15, -0.1) is 0 Å². The van der Waals surface area contributed by atoms with Gasteiger partial charge in [0.1, 0.15) is 24.5 Å². The van der Waals surface area contributed by atoms with Gasteiger partial charge in [0.25, 0.3) is 5.56 Å². The third-order valence-corrected chi connectivity index (χ3v) is 10.7. The van der Waals surface area contributed by atoms with E-state index in [2.05, 4.69) is 17.1 Å². The monoisotopic (exact) mass is 761 g/mol. The number of carboxylic acids is 1. The maximum Gasteiger partial charge on any atom is 0.415 e. The van der Waals surface area contributed by atoms with Crippen LogP contribution in [0.25, 0.3) is 22.3 Å². The quantitative estimate of drug-likeness (QED) is 0.230. The molecule has 2 aromatic heterocycles. The molecule has 2 fully saturated rings. The lowest BCUT2D eigenvalue weighted by Gasteiger charge is -2.39. The number of rotatable bonds is 6.